The highest BCUT2D eigenvalue weighted by molar-refractivity contribution is 7.99. The van der Waals surface area contributed by atoms with Crippen molar-refractivity contribution in [2.45, 2.75) is 11.8 Å². The summed E-state index contributed by atoms with van der Waals surface area (Å²) >= 11 is 1.71. The zero-order valence-corrected chi connectivity index (χ0v) is 12.7. The predicted octanol–water partition coefficient (Wildman–Crippen LogP) is 2.66. The van der Waals surface area contributed by atoms with Gasteiger partial charge in [-0.05, 0) is 30.2 Å². The predicted molar refractivity (Wildman–Crippen MR) is 78.2 cm³/mol. The molecule has 1 aromatic carbocycles. The summed E-state index contributed by atoms with van der Waals surface area (Å²) in [6, 6.07) is 6.55. The molecule has 2 rings (SSSR count). The summed E-state index contributed by atoms with van der Waals surface area (Å²) in [5, 5.41) is 0. The number of likely N-dealkylation sites (tertiary alicyclic amines) is 1. The highest BCUT2D eigenvalue weighted by Gasteiger charge is 2.35. The van der Waals surface area contributed by atoms with Crippen LogP contribution in [-0.2, 0) is 9.53 Å². The number of hydrogen-bond acceptors (Lipinski definition) is 4. The van der Waals surface area contributed by atoms with Crippen molar-refractivity contribution in [2.75, 3.05) is 32.5 Å². The second-order valence-corrected chi connectivity index (χ2v) is 6.34. The minimum atomic E-state index is -0.205. The smallest absolute Gasteiger partial charge is 0.310 e. The molecule has 3 nitrogen and oxygen atoms in total. The maximum absolute atomic E-state index is 12.8. The molecular weight excluding hydrogens is 277 g/mol. The van der Waals surface area contributed by atoms with Gasteiger partial charge in [0.05, 0.1) is 13.0 Å². The number of esters is 1. The van der Waals surface area contributed by atoms with Gasteiger partial charge in [0.25, 0.3) is 0 Å². The summed E-state index contributed by atoms with van der Waals surface area (Å²) < 4.78 is 17.6. The highest BCUT2D eigenvalue weighted by atomic mass is 32.2. The van der Waals surface area contributed by atoms with Gasteiger partial charge in [-0.1, -0.05) is 6.92 Å². The Balaban J connectivity index is 1.75. The lowest BCUT2D eigenvalue weighted by atomic mass is 9.99. The molecule has 1 heterocycles. The molecule has 0 N–H and O–H groups in total. The lowest BCUT2D eigenvalue weighted by Crippen LogP contribution is -2.26. The standard InChI is InChI=1S/C15H20FNO2S/c1-11-9-17(10-14(11)15(18)19-2)7-8-20-13-5-3-12(16)4-6-13/h3-6,11,14H,7-10H2,1-2H3. The summed E-state index contributed by atoms with van der Waals surface area (Å²) in [6.07, 6.45) is 0. The van der Waals surface area contributed by atoms with E-state index in [1.807, 2.05) is 0 Å². The van der Waals surface area contributed by atoms with Crippen molar-refractivity contribution in [3.05, 3.63) is 30.1 Å². The van der Waals surface area contributed by atoms with Crippen LogP contribution in [0.3, 0.4) is 0 Å². The van der Waals surface area contributed by atoms with E-state index in [2.05, 4.69) is 11.8 Å². The molecule has 0 bridgehead atoms. The van der Waals surface area contributed by atoms with Gasteiger partial charge in [0.2, 0.25) is 0 Å². The van der Waals surface area contributed by atoms with Crippen LogP contribution >= 0.6 is 11.8 Å². The first-order valence-corrected chi connectivity index (χ1v) is 7.77. The second-order valence-electron chi connectivity index (χ2n) is 5.17. The average molecular weight is 297 g/mol. The van der Waals surface area contributed by atoms with Gasteiger partial charge in [-0.3, -0.25) is 4.79 Å². The van der Waals surface area contributed by atoms with E-state index in [4.69, 9.17) is 4.74 Å². The molecule has 1 aliphatic rings. The third kappa shape index (κ3) is 3.96. The third-order valence-corrected chi connectivity index (χ3v) is 4.67. The fourth-order valence-electron chi connectivity index (χ4n) is 2.53. The Morgan fingerprint density at radius 3 is 2.75 bits per heavy atom. The highest BCUT2D eigenvalue weighted by Crippen LogP contribution is 2.25. The number of carbonyl (C=O) groups is 1. The molecule has 0 saturated carbocycles. The number of rotatable bonds is 5. The minimum Gasteiger partial charge on any atom is -0.469 e. The van der Waals surface area contributed by atoms with Crippen molar-refractivity contribution in [2.24, 2.45) is 11.8 Å². The normalized spacial score (nSPS) is 22.9. The molecule has 1 aliphatic heterocycles. The SMILES string of the molecule is COC(=O)C1CN(CCSc2ccc(F)cc2)CC1C. The summed E-state index contributed by atoms with van der Waals surface area (Å²) in [4.78, 5) is 15.0. The van der Waals surface area contributed by atoms with E-state index in [1.165, 1.54) is 19.2 Å². The van der Waals surface area contributed by atoms with Crippen LogP contribution in [0, 0.1) is 17.7 Å². The molecule has 1 aromatic rings. The van der Waals surface area contributed by atoms with Crippen LogP contribution in [0.2, 0.25) is 0 Å². The number of methoxy groups -OCH3 is 1. The molecule has 2 atom stereocenters. The van der Waals surface area contributed by atoms with Crippen LogP contribution < -0.4 is 0 Å². The van der Waals surface area contributed by atoms with Gasteiger partial charge in [0.15, 0.2) is 0 Å². The van der Waals surface area contributed by atoms with E-state index in [0.29, 0.717) is 5.92 Å². The summed E-state index contributed by atoms with van der Waals surface area (Å²) in [5.74, 6) is 0.968. The van der Waals surface area contributed by atoms with E-state index < -0.39 is 0 Å². The fraction of sp³-hybridized carbons (Fsp3) is 0.533. The van der Waals surface area contributed by atoms with Crippen LogP contribution in [0.5, 0.6) is 0 Å². The Labute approximate surface area is 123 Å². The van der Waals surface area contributed by atoms with Crippen molar-refractivity contribution < 1.29 is 13.9 Å². The van der Waals surface area contributed by atoms with Gasteiger partial charge in [-0.15, -0.1) is 11.8 Å². The molecule has 1 saturated heterocycles. The van der Waals surface area contributed by atoms with Gasteiger partial charge in [-0.25, -0.2) is 4.39 Å². The molecule has 110 valence electrons. The Kier molecular flexibility index (Phi) is 5.43. The maximum atomic E-state index is 12.8. The molecule has 0 spiro atoms. The average Bonchev–Trinajstić information content (AvgIpc) is 2.81. The van der Waals surface area contributed by atoms with Crippen LogP contribution in [0.4, 0.5) is 4.39 Å². The number of halogens is 1. The topological polar surface area (TPSA) is 29.5 Å². The maximum Gasteiger partial charge on any atom is 0.310 e. The zero-order chi connectivity index (χ0) is 14.5. The van der Waals surface area contributed by atoms with E-state index in [9.17, 15) is 9.18 Å². The number of carbonyl (C=O) groups excluding carboxylic acids is 1. The van der Waals surface area contributed by atoms with Gasteiger partial charge in [0.1, 0.15) is 5.82 Å². The lowest BCUT2D eigenvalue weighted by molar-refractivity contribution is -0.146. The largest absolute Gasteiger partial charge is 0.469 e. The molecule has 0 amide bonds. The Morgan fingerprint density at radius 1 is 1.40 bits per heavy atom. The van der Waals surface area contributed by atoms with Crippen LogP contribution in [0.25, 0.3) is 0 Å². The van der Waals surface area contributed by atoms with E-state index in [-0.39, 0.29) is 17.7 Å². The number of benzene rings is 1. The van der Waals surface area contributed by atoms with E-state index in [1.54, 1.807) is 23.9 Å². The number of hydrogen-bond donors (Lipinski definition) is 0. The van der Waals surface area contributed by atoms with Gasteiger partial charge in [0, 0.05) is 30.3 Å². The van der Waals surface area contributed by atoms with E-state index in [0.717, 1.165) is 30.3 Å². The Bertz CT molecular complexity index is 452. The zero-order valence-electron chi connectivity index (χ0n) is 11.8. The monoisotopic (exact) mass is 297 g/mol. The van der Waals surface area contributed by atoms with Gasteiger partial charge >= 0.3 is 5.97 Å². The van der Waals surface area contributed by atoms with Crippen molar-refractivity contribution in [1.29, 1.82) is 0 Å². The quantitative estimate of drug-likeness (QED) is 0.617. The second kappa shape index (κ2) is 7.09. The van der Waals surface area contributed by atoms with Crippen molar-refractivity contribution in [3.8, 4) is 0 Å². The molecule has 2 unspecified atom stereocenters. The van der Waals surface area contributed by atoms with Gasteiger partial charge < -0.3 is 9.64 Å². The molecule has 0 aliphatic carbocycles. The van der Waals surface area contributed by atoms with Crippen molar-refractivity contribution >= 4 is 17.7 Å². The lowest BCUT2D eigenvalue weighted by Gasteiger charge is -2.14. The molecular formula is C15H20FNO2S. The molecule has 20 heavy (non-hydrogen) atoms. The molecule has 0 radical (unpaired) electrons. The van der Waals surface area contributed by atoms with Gasteiger partial charge in [-0.2, -0.15) is 0 Å². The molecule has 1 fully saturated rings. The molecule has 0 aromatic heterocycles. The number of ether oxygens (including phenoxy) is 1. The summed E-state index contributed by atoms with van der Waals surface area (Å²) in [6.45, 7) is 4.73. The molecule has 5 heteroatoms. The van der Waals surface area contributed by atoms with Crippen LogP contribution in [0.1, 0.15) is 6.92 Å². The minimum absolute atomic E-state index is 0.00387. The van der Waals surface area contributed by atoms with Crippen LogP contribution in [0.15, 0.2) is 29.2 Å². The Morgan fingerprint density at radius 2 is 2.10 bits per heavy atom. The summed E-state index contributed by atoms with van der Waals surface area (Å²) in [5.41, 5.74) is 0. The van der Waals surface area contributed by atoms with Crippen molar-refractivity contribution in [3.63, 3.8) is 0 Å². The first-order chi connectivity index (χ1) is 9.60. The summed E-state index contributed by atoms with van der Waals surface area (Å²) in [7, 11) is 1.45. The third-order valence-electron chi connectivity index (χ3n) is 3.68. The van der Waals surface area contributed by atoms with E-state index >= 15 is 0 Å². The Hall–Kier alpha value is -1.07. The van der Waals surface area contributed by atoms with Crippen LogP contribution in [-0.4, -0.2) is 43.4 Å². The van der Waals surface area contributed by atoms with Crippen molar-refractivity contribution in [1.82, 2.24) is 4.90 Å². The fourth-order valence-corrected chi connectivity index (χ4v) is 3.45. The first kappa shape index (κ1) is 15.3. The first-order valence-electron chi connectivity index (χ1n) is 6.78. The number of nitrogens with zero attached hydrogens (tertiary/aromatic N) is 1. The number of thioether (sulfide) groups is 1.